The number of rotatable bonds is 7. The topological polar surface area (TPSA) is 73.9 Å². The van der Waals surface area contributed by atoms with Crippen LogP contribution < -0.4 is 11.1 Å². The molecule has 90 valence electrons. The third-order valence-electron chi connectivity index (χ3n) is 2.24. The molecule has 2 unspecified atom stereocenters. The fraction of sp³-hybridized carbons (Fsp3) is 0.900. The summed E-state index contributed by atoms with van der Waals surface area (Å²) in [5.74, 6) is 0.284. The SMILES string of the molecule is CCC(CC(N)=NO)NC(C)CN(C)C. The Morgan fingerprint density at radius 1 is 1.53 bits per heavy atom. The van der Waals surface area contributed by atoms with E-state index in [2.05, 4.69) is 29.2 Å². The Labute approximate surface area is 92.3 Å². The highest BCUT2D eigenvalue weighted by Crippen LogP contribution is 2.00. The summed E-state index contributed by atoms with van der Waals surface area (Å²) < 4.78 is 0. The Kier molecular flexibility index (Phi) is 7.07. The van der Waals surface area contributed by atoms with Crippen molar-refractivity contribution in [2.45, 2.75) is 38.8 Å². The first-order valence-corrected chi connectivity index (χ1v) is 5.36. The fourth-order valence-electron chi connectivity index (χ4n) is 1.62. The molecule has 5 heteroatoms. The number of hydrogen-bond donors (Lipinski definition) is 3. The zero-order valence-electron chi connectivity index (χ0n) is 10.2. The van der Waals surface area contributed by atoms with Gasteiger partial charge in [0.25, 0.3) is 0 Å². The second kappa shape index (κ2) is 7.48. The average Bonchev–Trinajstić information content (AvgIpc) is 2.15. The van der Waals surface area contributed by atoms with Gasteiger partial charge in [0.15, 0.2) is 0 Å². The molecule has 0 aliphatic carbocycles. The van der Waals surface area contributed by atoms with Crippen molar-refractivity contribution >= 4 is 5.84 Å². The predicted octanol–water partition coefficient (Wildman–Crippen LogP) is 0.441. The largest absolute Gasteiger partial charge is 0.409 e. The van der Waals surface area contributed by atoms with Gasteiger partial charge >= 0.3 is 0 Å². The van der Waals surface area contributed by atoms with E-state index in [0.29, 0.717) is 12.5 Å². The summed E-state index contributed by atoms with van der Waals surface area (Å²) in [6.07, 6.45) is 1.55. The fourth-order valence-corrected chi connectivity index (χ4v) is 1.62. The quantitative estimate of drug-likeness (QED) is 0.250. The second-order valence-corrected chi connectivity index (χ2v) is 4.23. The molecule has 0 aromatic heterocycles. The minimum Gasteiger partial charge on any atom is -0.409 e. The predicted molar refractivity (Wildman–Crippen MR) is 63.3 cm³/mol. The molecule has 0 aromatic carbocycles. The van der Waals surface area contributed by atoms with Crippen LogP contribution in [0.15, 0.2) is 5.16 Å². The van der Waals surface area contributed by atoms with Crippen molar-refractivity contribution in [3.8, 4) is 0 Å². The molecule has 0 heterocycles. The summed E-state index contributed by atoms with van der Waals surface area (Å²) >= 11 is 0. The molecule has 0 amide bonds. The summed E-state index contributed by atoms with van der Waals surface area (Å²) in [4.78, 5) is 2.13. The summed E-state index contributed by atoms with van der Waals surface area (Å²) in [6, 6.07) is 0.673. The van der Waals surface area contributed by atoms with Crippen LogP contribution in [0.3, 0.4) is 0 Å². The highest BCUT2D eigenvalue weighted by molar-refractivity contribution is 5.80. The number of hydrogen-bond acceptors (Lipinski definition) is 4. The van der Waals surface area contributed by atoms with Gasteiger partial charge in [0.05, 0.1) is 0 Å². The number of nitrogens with zero attached hydrogens (tertiary/aromatic N) is 2. The smallest absolute Gasteiger partial charge is 0.140 e. The minimum atomic E-state index is 0.274. The van der Waals surface area contributed by atoms with Crippen LogP contribution in [0.4, 0.5) is 0 Å². The molecular weight excluding hydrogens is 192 g/mol. The maximum atomic E-state index is 8.49. The first kappa shape index (κ1) is 14.2. The number of likely N-dealkylation sites (N-methyl/N-ethyl adjacent to an activating group) is 1. The number of amidine groups is 1. The molecule has 0 spiro atoms. The summed E-state index contributed by atoms with van der Waals surface area (Å²) in [5, 5.41) is 14.9. The lowest BCUT2D eigenvalue weighted by Gasteiger charge is -2.24. The van der Waals surface area contributed by atoms with Crippen LogP contribution in [0.2, 0.25) is 0 Å². The lowest BCUT2D eigenvalue weighted by molar-refractivity contribution is 0.310. The molecule has 0 fully saturated rings. The molecule has 0 aliphatic heterocycles. The van der Waals surface area contributed by atoms with Crippen molar-refractivity contribution < 1.29 is 5.21 Å². The van der Waals surface area contributed by atoms with Crippen LogP contribution in [-0.4, -0.2) is 48.7 Å². The van der Waals surface area contributed by atoms with Crippen molar-refractivity contribution in [2.24, 2.45) is 10.9 Å². The standard InChI is InChI=1S/C10H24N4O/c1-5-9(6-10(11)13-15)12-8(2)7-14(3)4/h8-9,12,15H,5-7H2,1-4H3,(H2,11,13). The summed E-state index contributed by atoms with van der Waals surface area (Å²) in [5.41, 5.74) is 5.48. The normalized spacial score (nSPS) is 16.7. The highest BCUT2D eigenvalue weighted by atomic mass is 16.4. The Morgan fingerprint density at radius 3 is 2.53 bits per heavy atom. The molecule has 0 aromatic rings. The summed E-state index contributed by atoms with van der Waals surface area (Å²) in [6.45, 7) is 5.20. The van der Waals surface area contributed by atoms with Crippen LogP contribution in [-0.2, 0) is 0 Å². The molecular formula is C10H24N4O. The Balaban J connectivity index is 3.98. The Morgan fingerprint density at radius 2 is 2.13 bits per heavy atom. The van der Waals surface area contributed by atoms with Gasteiger partial charge in [-0.15, -0.1) is 0 Å². The summed E-state index contributed by atoms with van der Waals surface area (Å²) in [7, 11) is 4.09. The third-order valence-corrected chi connectivity index (χ3v) is 2.24. The Hall–Kier alpha value is -0.810. The lowest BCUT2D eigenvalue weighted by atomic mass is 10.1. The van der Waals surface area contributed by atoms with E-state index in [-0.39, 0.29) is 11.9 Å². The lowest BCUT2D eigenvalue weighted by Crippen LogP contribution is -2.43. The Bertz CT molecular complexity index is 194. The molecule has 4 N–H and O–H groups in total. The van der Waals surface area contributed by atoms with Crippen LogP contribution in [0.25, 0.3) is 0 Å². The number of nitrogens with two attached hydrogens (primary N) is 1. The van der Waals surface area contributed by atoms with E-state index in [0.717, 1.165) is 13.0 Å². The van der Waals surface area contributed by atoms with Crippen LogP contribution in [0, 0.1) is 0 Å². The third kappa shape index (κ3) is 7.16. The van der Waals surface area contributed by atoms with Gasteiger partial charge in [-0.1, -0.05) is 12.1 Å². The minimum absolute atomic E-state index is 0.274. The van der Waals surface area contributed by atoms with Gasteiger partial charge in [0, 0.05) is 25.0 Å². The maximum Gasteiger partial charge on any atom is 0.140 e. The molecule has 0 radical (unpaired) electrons. The van der Waals surface area contributed by atoms with Gasteiger partial charge in [0.2, 0.25) is 0 Å². The molecule has 5 nitrogen and oxygen atoms in total. The van der Waals surface area contributed by atoms with E-state index in [1.54, 1.807) is 0 Å². The first-order valence-electron chi connectivity index (χ1n) is 5.36. The monoisotopic (exact) mass is 216 g/mol. The van der Waals surface area contributed by atoms with E-state index in [4.69, 9.17) is 10.9 Å². The highest BCUT2D eigenvalue weighted by Gasteiger charge is 2.12. The van der Waals surface area contributed by atoms with Crippen molar-refractivity contribution in [3.63, 3.8) is 0 Å². The number of nitrogens with one attached hydrogen (secondary N) is 1. The molecule has 0 saturated carbocycles. The second-order valence-electron chi connectivity index (χ2n) is 4.23. The van der Waals surface area contributed by atoms with Crippen molar-refractivity contribution in [1.82, 2.24) is 10.2 Å². The molecule has 2 atom stereocenters. The van der Waals surface area contributed by atoms with Crippen molar-refractivity contribution in [2.75, 3.05) is 20.6 Å². The van der Waals surface area contributed by atoms with E-state index in [9.17, 15) is 0 Å². The van der Waals surface area contributed by atoms with Crippen molar-refractivity contribution in [1.29, 1.82) is 0 Å². The molecule has 0 bridgehead atoms. The molecule has 15 heavy (non-hydrogen) atoms. The molecule has 0 saturated heterocycles. The van der Waals surface area contributed by atoms with E-state index in [1.807, 2.05) is 14.1 Å². The van der Waals surface area contributed by atoms with Crippen LogP contribution in [0.1, 0.15) is 26.7 Å². The zero-order valence-corrected chi connectivity index (χ0v) is 10.2. The van der Waals surface area contributed by atoms with Crippen molar-refractivity contribution in [3.05, 3.63) is 0 Å². The average molecular weight is 216 g/mol. The van der Waals surface area contributed by atoms with Crippen LogP contribution in [0.5, 0.6) is 0 Å². The zero-order chi connectivity index (χ0) is 11.8. The van der Waals surface area contributed by atoms with E-state index >= 15 is 0 Å². The first-order chi connectivity index (χ1) is 6.99. The van der Waals surface area contributed by atoms with E-state index in [1.165, 1.54) is 0 Å². The van der Waals surface area contributed by atoms with Gasteiger partial charge in [-0.3, -0.25) is 0 Å². The molecule has 0 rings (SSSR count). The van der Waals surface area contributed by atoms with Crippen LogP contribution >= 0.6 is 0 Å². The van der Waals surface area contributed by atoms with Gasteiger partial charge in [-0.05, 0) is 27.4 Å². The van der Waals surface area contributed by atoms with E-state index < -0.39 is 0 Å². The maximum absolute atomic E-state index is 8.49. The molecule has 0 aliphatic rings. The van der Waals surface area contributed by atoms with Gasteiger partial charge < -0.3 is 21.2 Å². The van der Waals surface area contributed by atoms with Gasteiger partial charge in [0.1, 0.15) is 5.84 Å². The van der Waals surface area contributed by atoms with Gasteiger partial charge in [-0.2, -0.15) is 0 Å². The number of oxime groups is 1. The van der Waals surface area contributed by atoms with Gasteiger partial charge in [-0.25, -0.2) is 0 Å².